The SMILES string of the molecule is CC(=O)N(CCC(=O)Nc1ccc(Cl)cc1C)c1ccccc1Cl. The Balaban J connectivity index is 2.03. The maximum absolute atomic E-state index is 12.2. The largest absolute Gasteiger partial charge is 0.326 e. The highest BCUT2D eigenvalue weighted by atomic mass is 35.5. The number of carbonyl (C=O) groups excluding carboxylic acids is 2. The van der Waals surface area contributed by atoms with Gasteiger partial charge in [0.05, 0.1) is 10.7 Å². The zero-order valence-corrected chi connectivity index (χ0v) is 15.0. The van der Waals surface area contributed by atoms with Crippen molar-refractivity contribution in [1.29, 1.82) is 0 Å². The van der Waals surface area contributed by atoms with Crippen LogP contribution in [-0.2, 0) is 9.59 Å². The predicted molar refractivity (Wildman–Crippen MR) is 98.9 cm³/mol. The highest BCUT2D eigenvalue weighted by Gasteiger charge is 2.16. The molecule has 0 saturated heterocycles. The monoisotopic (exact) mass is 364 g/mol. The standard InChI is InChI=1S/C18H18Cl2N2O2/c1-12-11-14(19)7-8-16(12)21-18(24)9-10-22(13(2)23)17-6-4-3-5-15(17)20/h3-8,11H,9-10H2,1-2H3,(H,21,24). The number of hydrogen-bond acceptors (Lipinski definition) is 2. The smallest absolute Gasteiger partial charge is 0.226 e. The molecule has 0 saturated carbocycles. The van der Waals surface area contributed by atoms with Crippen molar-refractivity contribution in [3.05, 3.63) is 58.1 Å². The highest BCUT2D eigenvalue weighted by molar-refractivity contribution is 6.33. The van der Waals surface area contributed by atoms with Crippen molar-refractivity contribution in [2.45, 2.75) is 20.3 Å². The summed E-state index contributed by atoms with van der Waals surface area (Å²) in [6, 6.07) is 12.3. The summed E-state index contributed by atoms with van der Waals surface area (Å²) >= 11 is 12.0. The molecule has 0 unspecified atom stereocenters. The molecule has 2 amide bonds. The van der Waals surface area contributed by atoms with E-state index >= 15 is 0 Å². The van der Waals surface area contributed by atoms with E-state index in [-0.39, 0.29) is 24.8 Å². The zero-order valence-electron chi connectivity index (χ0n) is 13.5. The highest BCUT2D eigenvalue weighted by Crippen LogP contribution is 2.25. The Bertz CT molecular complexity index is 762. The van der Waals surface area contributed by atoms with E-state index in [1.807, 2.05) is 6.92 Å². The molecular formula is C18H18Cl2N2O2. The molecule has 2 rings (SSSR count). The third-order valence-corrected chi connectivity index (χ3v) is 4.10. The van der Waals surface area contributed by atoms with Gasteiger partial charge in [-0.2, -0.15) is 0 Å². The first kappa shape index (κ1) is 18.3. The molecule has 4 nitrogen and oxygen atoms in total. The third kappa shape index (κ3) is 4.73. The molecule has 0 spiro atoms. The summed E-state index contributed by atoms with van der Waals surface area (Å²) in [5, 5.41) is 3.92. The maximum atomic E-state index is 12.2. The lowest BCUT2D eigenvalue weighted by molar-refractivity contribution is -0.117. The summed E-state index contributed by atoms with van der Waals surface area (Å²) < 4.78 is 0. The second-order valence-electron chi connectivity index (χ2n) is 5.38. The molecular weight excluding hydrogens is 347 g/mol. The van der Waals surface area contributed by atoms with Gasteiger partial charge in [-0.15, -0.1) is 0 Å². The minimum atomic E-state index is -0.182. The van der Waals surface area contributed by atoms with Crippen LogP contribution in [0.5, 0.6) is 0 Å². The lowest BCUT2D eigenvalue weighted by Crippen LogP contribution is -2.32. The van der Waals surface area contributed by atoms with E-state index in [0.29, 0.717) is 21.4 Å². The fourth-order valence-electron chi connectivity index (χ4n) is 2.31. The topological polar surface area (TPSA) is 49.4 Å². The summed E-state index contributed by atoms with van der Waals surface area (Å²) in [5.41, 5.74) is 2.18. The van der Waals surface area contributed by atoms with Crippen molar-refractivity contribution >= 4 is 46.4 Å². The van der Waals surface area contributed by atoms with Crippen LogP contribution in [0.2, 0.25) is 10.0 Å². The van der Waals surface area contributed by atoms with Gasteiger partial charge in [-0.1, -0.05) is 35.3 Å². The van der Waals surface area contributed by atoms with Gasteiger partial charge in [0.2, 0.25) is 11.8 Å². The fraction of sp³-hybridized carbons (Fsp3) is 0.222. The first-order valence-corrected chi connectivity index (χ1v) is 8.22. The molecule has 0 aromatic heterocycles. The van der Waals surface area contributed by atoms with Gasteiger partial charge in [-0.05, 0) is 42.8 Å². The number of rotatable bonds is 5. The fourth-order valence-corrected chi connectivity index (χ4v) is 2.78. The third-order valence-electron chi connectivity index (χ3n) is 3.55. The van der Waals surface area contributed by atoms with Crippen LogP contribution in [0.25, 0.3) is 0 Å². The second kappa shape index (κ2) is 8.18. The molecule has 126 valence electrons. The lowest BCUT2D eigenvalue weighted by Gasteiger charge is -2.22. The van der Waals surface area contributed by atoms with Gasteiger partial charge in [0.1, 0.15) is 0 Å². The first-order chi connectivity index (χ1) is 11.4. The van der Waals surface area contributed by atoms with E-state index in [1.54, 1.807) is 42.5 Å². The number of benzene rings is 2. The van der Waals surface area contributed by atoms with Crippen LogP contribution in [0.1, 0.15) is 18.9 Å². The Morgan fingerprint density at radius 3 is 2.46 bits per heavy atom. The minimum absolute atomic E-state index is 0.160. The van der Waals surface area contributed by atoms with E-state index in [4.69, 9.17) is 23.2 Å². The Hall–Kier alpha value is -2.04. The van der Waals surface area contributed by atoms with Crippen LogP contribution >= 0.6 is 23.2 Å². The van der Waals surface area contributed by atoms with Crippen molar-refractivity contribution in [2.24, 2.45) is 0 Å². The molecule has 0 heterocycles. The Morgan fingerprint density at radius 2 is 1.83 bits per heavy atom. The number of aryl methyl sites for hydroxylation is 1. The molecule has 0 radical (unpaired) electrons. The maximum Gasteiger partial charge on any atom is 0.226 e. The molecule has 0 bridgehead atoms. The summed E-state index contributed by atoms with van der Waals surface area (Å²) in [6.45, 7) is 3.56. The Labute approximate surface area is 151 Å². The quantitative estimate of drug-likeness (QED) is 0.836. The van der Waals surface area contributed by atoms with Gasteiger partial charge < -0.3 is 10.2 Å². The van der Waals surface area contributed by atoms with Gasteiger partial charge in [0.25, 0.3) is 0 Å². The van der Waals surface area contributed by atoms with Crippen LogP contribution in [-0.4, -0.2) is 18.4 Å². The van der Waals surface area contributed by atoms with Crippen molar-refractivity contribution in [1.82, 2.24) is 0 Å². The second-order valence-corrected chi connectivity index (χ2v) is 6.22. The van der Waals surface area contributed by atoms with Crippen LogP contribution in [0.3, 0.4) is 0 Å². The van der Waals surface area contributed by atoms with E-state index < -0.39 is 0 Å². The van der Waals surface area contributed by atoms with Crippen molar-refractivity contribution in [2.75, 3.05) is 16.8 Å². The van der Waals surface area contributed by atoms with Gasteiger partial charge in [0.15, 0.2) is 0 Å². The summed E-state index contributed by atoms with van der Waals surface area (Å²) in [7, 11) is 0. The van der Waals surface area contributed by atoms with Crippen molar-refractivity contribution < 1.29 is 9.59 Å². The molecule has 0 aliphatic rings. The predicted octanol–water partition coefficient (Wildman–Crippen LogP) is 4.68. The van der Waals surface area contributed by atoms with Gasteiger partial charge in [-0.25, -0.2) is 0 Å². The van der Waals surface area contributed by atoms with E-state index in [2.05, 4.69) is 5.32 Å². The number of nitrogens with one attached hydrogen (secondary N) is 1. The van der Waals surface area contributed by atoms with E-state index in [0.717, 1.165) is 5.56 Å². The average Bonchev–Trinajstić information content (AvgIpc) is 2.51. The summed E-state index contributed by atoms with van der Waals surface area (Å²) in [5.74, 6) is -0.350. The summed E-state index contributed by atoms with van der Waals surface area (Å²) in [6.07, 6.45) is 0.160. The molecule has 0 atom stereocenters. The van der Waals surface area contributed by atoms with Crippen LogP contribution in [0.4, 0.5) is 11.4 Å². The van der Waals surface area contributed by atoms with Crippen LogP contribution in [0, 0.1) is 6.92 Å². The van der Waals surface area contributed by atoms with Crippen LogP contribution in [0.15, 0.2) is 42.5 Å². The number of anilines is 2. The van der Waals surface area contributed by atoms with Crippen molar-refractivity contribution in [3.63, 3.8) is 0 Å². The molecule has 2 aromatic carbocycles. The lowest BCUT2D eigenvalue weighted by atomic mass is 10.2. The number of amides is 2. The number of nitrogens with zero attached hydrogens (tertiary/aromatic N) is 1. The molecule has 2 aromatic rings. The Kier molecular flexibility index (Phi) is 6.23. The number of halogens is 2. The van der Waals surface area contributed by atoms with E-state index in [9.17, 15) is 9.59 Å². The number of para-hydroxylation sites is 1. The normalized spacial score (nSPS) is 10.3. The molecule has 1 N–H and O–H groups in total. The van der Waals surface area contributed by atoms with Gasteiger partial charge in [0, 0.05) is 30.6 Å². The number of hydrogen-bond donors (Lipinski definition) is 1. The van der Waals surface area contributed by atoms with Crippen molar-refractivity contribution in [3.8, 4) is 0 Å². The molecule has 24 heavy (non-hydrogen) atoms. The number of carbonyl (C=O) groups is 2. The zero-order chi connectivity index (χ0) is 17.7. The van der Waals surface area contributed by atoms with E-state index in [1.165, 1.54) is 11.8 Å². The molecule has 0 fully saturated rings. The average molecular weight is 365 g/mol. The molecule has 6 heteroatoms. The van der Waals surface area contributed by atoms with Crippen LogP contribution < -0.4 is 10.2 Å². The Morgan fingerprint density at radius 1 is 1.12 bits per heavy atom. The summed E-state index contributed by atoms with van der Waals surface area (Å²) in [4.78, 5) is 25.6. The molecule has 0 aliphatic heterocycles. The molecule has 0 aliphatic carbocycles. The van der Waals surface area contributed by atoms with Gasteiger partial charge >= 0.3 is 0 Å². The minimum Gasteiger partial charge on any atom is -0.326 e. The van der Waals surface area contributed by atoms with Gasteiger partial charge in [-0.3, -0.25) is 9.59 Å². The first-order valence-electron chi connectivity index (χ1n) is 7.47.